The third-order valence-corrected chi connectivity index (χ3v) is 4.99. The van der Waals surface area contributed by atoms with Crippen molar-refractivity contribution in [1.82, 2.24) is 14.8 Å². The Balaban J connectivity index is 1.74. The number of piperidine rings is 1. The lowest BCUT2D eigenvalue weighted by Gasteiger charge is -2.36. The molecule has 0 radical (unpaired) electrons. The van der Waals surface area contributed by atoms with E-state index in [-0.39, 0.29) is 5.91 Å². The lowest BCUT2D eigenvalue weighted by molar-refractivity contribution is 0.0740. The molecule has 22 heavy (non-hydrogen) atoms. The molecule has 2 atom stereocenters. The highest BCUT2D eigenvalue weighted by atomic mass is 16.2. The highest BCUT2D eigenvalue weighted by Gasteiger charge is 2.36. The summed E-state index contributed by atoms with van der Waals surface area (Å²) in [5.74, 6) is 0.762. The molecule has 0 aromatic carbocycles. The van der Waals surface area contributed by atoms with Crippen LogP contribution in [0, 0.1) is 5.92 Å². The fourth-order valence-electron chi connectivity index (χ4n) is 3.63. The van der Waals surface area contributed by atoms with Crippen molar-refractivity contribution in [3.8, 4) is 0 Å². The molecule has 0 aliphatic carbocycles. The zero-order chi connectivity index (χ0) is 15.5. The quantitative estimate of drug-likeness (QED) is 0.805. The summed E-state index contributed by atoms with van der Waals surface area (Å²) in [5, 5.41) is 0. The van der Waals surface area contributed by atoms with Crippen LogP contribution < -0.4 is 0 Å². The van der Waals surface area contributed by atoms with Crippen LogP contribution >= 0.6 is 0 Å². The first-order chi connectivity index (χ1) is 10.7. The summed E-state index contributed by atoms with van der Waals surface area (Å²) in [4.78, 5) is 21.4. The van der Waals surface area contributed by atoms with Crippen LogP contribution in [0.5, 0.6) is 0 Å². The highest BCUT2D eigenvalue weighted by Crippen LogP contribution is 2.29. The summed E-state index contributed by atoms with van der Waals surface area (Å²) in [6.45, 7) is 8.20. The Morgan fingerprint density at radius 1 is 1.27 bits per heavy atom. The Morgan fingerprint density at radius 2 is 2.05 bits per heavy atom. The van der Waals surface area contributed by atoms with Crippen molar-refractivity contribution in [3.05, 3.63) is 41.7 Å². The number of allylic oxidation sites excluding steroid dienone is 1. The molecule has 4 rings (SSSR count). The molecule has 0 unspecified atom stereocenters. The summed E-state index contributed by atoms with van der Waals surface area (Å²) in [5.41, 5.74) is 2.17. The van der Waals surface area contributed by atoms with Crippen LogP contribution in [-0.4, -0.2) is 52.9 Å². The van der Waals surface area contributed by atoms with Crippen LogP contribution in [0.15, 0.2) is 36.2 Å². The minimum absolute atomic E-state index is 0.156. The van der Waals surface area contributed by atoms with Gasteiger partial charge in [0.25, 0.3) is 5.91 Å². The Morgan fingerprint density at radius 3 is 2.77 bits per heavy atom. The molecular formula is C18H25N3O. The van der Waals surface area contributed by atoms with E-state index in [9.17, 15) is 4.79 Å². The normalized spacial score (nSPS) is 26.1. The molecule has 3 saturated heterocycles. The van der Waals surface area contributed by atoms with Crippen molar-refractivity contribution in [1.29, 1.82) is 0 Å². The summed E-state index contributed by atoms with van der Waals surface area (Å²) in [7, 11) is 0. The SMILES string of the molecule is C/C=C(\C)CN1C[C@H]2CC[C@@H]1CN(C(=O)c1ccncc1)C2. The number of hydrogen-bond acceptors (Lipinski definition) is 3. The van der Waals surface area contributed by atoms with Crippen molar-refractivity contribution in [3.63, 3.8) is 0 Å². The third kappa shape index (κ3) is 3.22. The Kier molecular flexibility index (Phi) is 4.57. The molecule has 1 aromatic heterocycles. The molecule has 0 saturated carbocycles. The maximum Gasteiger partial charge on any atom is 0.254 e. The average Bonchev–Trinajstić information content (AvgIpc) is 2.86. The molecule has 1 amide bonds. The number of carbonyl (C=O) groups is 1. The Hall–Kier alpha value is -1.68. The van der Waals surface area contributed by atoms with Gasteiger partial charge in [-0.15, -0.1) is 0 Å². The fourth-order valence-corrected chi connectivity index (χ4v) is 3.63. The molecule has 0 spiro atoms. The van der Waals surface area contributed by atoms with Gasteiger partial charge in [-0.05, 0) is 44.7 Å². The molecule has 2 bridgehead atoms. The summed E-state index contributed by atoms with van der Waals surface area (Å²) >= 11 is 0. The van der Waals surface area contributed by atoms with Crippen molar-refractivity contribution in [2.45, 2.75) is 32.7 Å². The number of fused-ring (bicyclic) bond motifs is 4. The van der Waals surface area contributed by atoms with E-state index in [1.165, 1.54) is 18.4 Å². The van der Waals surface area contributed by atoms with Gasteiger partial charge in [-0.1, -0.05) is 11.6 Å². The van der Waals surface area contributed by atoms with Gasteiger partial charge in [0.1, 0.15) is 0 Å². The van der Waals surface area contributed by atoms with Gasteiger partial charge >= 0.3 is 0 Å². The third-order valence-electron chi connectivity index (χ3n) is 4.99. The monoisotopic (exact) mass is 299 g/mol. The predicted octanol–water partition coefficient (Wildman–Crippen LogP) is 2.58. The number of carbonyl (C=O) groups excluding carboxylic acids is 1. The topological polar surface area (TPSA) is 36.4 Å². The van der Waals surface area contributed by atoms with Crippen molar-refractivity contribution in [2.75, 3.05) is 26.2 Å². The van der Waals surface area contributed by atoms with E-state index in [1.54, 1.807) is 12.4 Å². The van der Waals surface area contributed by atoms with Gasteiger partial charge in [0.2, 0.25) is 0 Å². The Bertz CT molecular complexity index is 555. The highest BCUT2D eigenvalue weighted by molar-refractivity contribution is 5.94. The molecule has 1 aromatic rings. The summed E-state index contributed by atoms with van der Waals surface area (Å²) in [6, 6.07) is 4.13. The van der Waals surface area contributed by atoms with Crippen LogP contribution in [0.3, 0.4) is 0 Å². The molecule has 4 heterocycles. The number of nitrogens with zero attached hydrogens (tertiary/aromatic N) is 3. The first-order valence-corrected chi connectivity index (χ1v) is 8.22. The van der Waals surface area contributed by atoms with Crippen LogP contribution in [0.2, 0.25) is 0 Å². The van der Waals surface area contributed by atoms with E-state index < -0.39 is 0 Å². The molecule has 0 N–H and O–H groups in total. The van der Waals surface area contributed by atoms with Gasteiger partial charge in [-0.25, -0.2) is 0 Å². The molecular weight excluding hydrogens is 274 g/mol. The molecule has 4 heteroatoms. The molecule has 118 valence electrons. The zero-order valence-corrected chi connectivity index (χ0v) is 13.5. The summed E-state index contributed by atoms with van der Waals surface area (Å²) < 4.78 is 0. The fraction of sp³-hybridized carbons (Fsp3) is 0.556. The lowest BCUT2D eigenvalue weighted by Crippen LogP contribution is -2.45. The Labute approximate surface area is 132 Å². The minimum Gasteiger partial charge on any atom is -0.337 e. The van der Waals surface area contributed by atoms with Gasteiger partial charge in [0, 0.05) is 50.2 Å². The maximum absolute atomic E-state index is 12.7. The van der Waals surface area contributed by atoms with Crippen LogP contribution in [-0.2, 0) is 0 Å². The van der Waals surface area contributed by atoms with Gasteiger partial charge in [0.05, 0.1) is 0 Å². The van der Waals surface area contributed by atoms with Gasteiger partial charge in [-0.3, -0.25) is 14.7 Å². The van der Waals surface area contributed by atoms with Crippen LogP contribution in [0.25, 0.3) is 0 Å². The second-order valence-corrected chi connectivity index (χ2v) is 6.61. The van der Waals surface area contributed by atoms with E-state index in [0.717, 1.165) is 31.7 Å². The van der Waals surface area contributed by atoms with Gasteiger partial charge in [-0.2, -0.15) is 0 Å². The molecule has 4 nitrogen and oxygen atoms in total. The van der Waals surface area contributed by atoms with Crippen molar-refractivity contribution < 1.29 is 4.79 Å². The number of rotatable bonds is 3. The molecule has 3 fully saturated rings. The summed E-state index contributed by atoms with van der Waals surface area (Å²) in [6.07, 6.45) is 8.04. The second kappa shape index (κ2) is 6.61. The standard InChI is InChI=1S/C18H25N3O/c1-3-14(2)10-20-11-15-4-5-17(20)13-21(12-15)18(22)16-6-8-19-9-7-16/h3,6-9,15,17H,4-5,10-13H2,1-2H3/b14-3+/t15-,17-/m1/s1. The predicted molar refractivity (Wildman–Crippen MR) is 87.7 cm³/mol. The van der Waals surface area contributed by atoms with E-state index >= 15 is 0 Å². The van der Waals surface area contributed by atoms with Gasteiger partial charge < -0.3 is 4.90 Å². The maximum atomic E-state index is 12.7. The lowest BCUT2D eigenvalue weighted by atomic mass is 9.94. The molecule has 3 aliphatic rings. The van der Waals surface area contributed by atoms with E-state index in [4.69, 9.17) is 0 Å². The van der Waals surface area contributed by atoms with Crippen molar-refractivity contribution >= 4 is 5.91 Å². The largest absolute Gasteiger partial charge is 0.337 e. The number of pyridine rings is 1. The number of aromatic nitrogens is 1. The number of amides is 1. The molecule has 3 aliphatic heterocycles. The first kappa shape index (κ1) is 15.2. The van der Waals surface area contributed by atoms with E-state index in [0.29, 0.717) is 12.0 Å². The van der Waals surface area contributed by atoms with Crippen LogP contribution in [0.1, 0.15) is 37.0 Å². The van der Waals surface area contributed by atoms with Crippen LogP contribution in [0.4, 0.5) is 0 Å². The minimum atomic E-state index is 0.156. The number of hydrogen-bond donors (Lipinski definition) is 0. The van der Waals surface area contributed by atoms with Crippen molar-refractivity contribution in [2.24, 2.45) is 5.92 Å². The first-order valence-electron chi connectivity index (χ1n) is 8.22. The second-order valence-electron chi connectivity index (χ2n) is 6.61. The van der Waals surface area contributed by atoms with E-state index in [2.05, 4.69) is 34.7 Å². The average molecular weight is 299 g/mol. The van der Waals surface area contributed by atoms with Gasteiger partial charge in [0.15, 0.2) is 0 Å². The smallest absolute Gasteiger partial charge is 0.254 e. The van der Waals surface area contributed by atoms with E-state index in [1.807, 2.05) is 12.1 Å². The zero-order valence-electron chi connectivity index (χ0n) is 13.5.